The summed E-state index contributed by atoms with van der Waals surface area (Å²) in [6.45, 7) is 2.45. The lowest BCUT2D eigenvalue weighted by molar-refractivity contribution is 0.165. The first-order chi connectivity index (χ1) is 19.4. The van der Waals surface area contributed by atoms with Crippen LogP contribution in [0.4, 0.5) is 10.6 Å². The molecule has 0 aliphatic carbocycles. The number of hydrogen-bond acceptors (Lipinski definition) is 7. The Morgan fingerprint density at radius 1 is 1.05 bits per heavy atom. The van der Waals surface area contributed by atoms with E-state index in [2.05, 4.69) is 32.3 Å². The molecule has 0 radical (unpaired) electrons. The Bertz CT molecular complexity index is 1720. The predicted molar refractivity (Wildman–Crippen MR) is 152 cm³/mol. The van der Waals surface area contributed by atoms with Gasteiger partial charge in [-0.3, -0.25) is 14.3 Å². The zero-order valence-corrected chi connectivity index (χ0v) is 21.6. The highest BCUT2D eigenvalue weighted by Crippen LogP contribution is 2.31. The molecule has 0 bridgehead atoms. The standard InChI is InChI=1S/C29H28N8O3/c30-26-22(2-1-13-31-26)27-35-24-9-8-23(19-5-10-25(38)32-16-19)34-28(24)37(27)21-6-3-18(4-7-21)17-36-14-11-20(12-15-36)33-29(39)40/h1-10,13,16,20,33H,11-12,14-15,17H2,(H2,30,31)(H,32,38)(H,39,40). The molecule has 1 aliphatic rings. The highest BCUT2D eigenvalue weighted by atomic mass is 16.4. The number of likely N-dealkylation sites (tertiary alicyclic amines) is 1. The van der Waals surface area contributed by atoms with E-state index in [1.54, 1.807) is 18.5 Å². The molecule has 202 valence electrons. The number of hydrogen-bond donors (Lipinski definition) is 4. The smallest absolute Gasteiger partial charge is 0.404 e. The monoisotopic (exact) mass is 536 g/mol. The number of piperidine rings is 1. The van der Waals surface area contributed by atoms with E-state index in [0.29, 0.717) is 34.1 Å². The maximum absolute atomic E-state index is 11.6. The number of nitrogens with zero attached hydrogens (tertiary/aromatic N) is 5. The summed E-state index contributed by atoms with van der Waals surface area (Å²) in [5.74, 6) is 1.00. The summed E-state index contributed by atoms with van der Waals surface area (Å²) in [5, 5.41) is 11.6. The van der Waals surface area contributed by atoms with E-state index in [1.165, 1.54) is 6.07 Å². The number of rotatable bonds is 6. The molecule has 11 heteroatoms. The van der Waals surface area contributed by atoms with Crippen LogP contribution in [0.5, 0.6) is 0 Å². The summed E-state index contributed by atoms with van der Waals surface area (Å²) in [6.07, 6.45) is 3.92. The van der Waals surface area contributed by atoms with Crippen LogP contribution in [0.3, 0.4) is 0 Å². The first-order valence-corrected chi connectivity index (χ1v) is 13.1. The third kappa shape index (κ3) is 5.14. The maximum Gasteiger partial charge on any atom is 0.404 e. The van der Waals surface area contributed by atoms with Crippen molar-refractivity contribution in [2.24, 2.45) is 0 Å². The fourth-order valence-electron chi connectivity index (χ4n) is 5.14. The average Bonchev–Trinajstić information content (AvgIpc) is 3.33. The predicted octanol–water partition coefficient (Wildman–Crippen LogP) is 3.65. The Hall–Kier alpha value is -5.03. The van der Waals surface area contributed by atoms with Crippen LogP contribution in [0.15, 0.2) is 77.9 Å². The van der Waals surface area contributed by atoms with Gasteiger partial charge >= 0.3 is 6.09 Å². The zero-order valence-electron chi connectivity index (χ0n) is 21.6. The van der Waals surface area contributed by atoms with E-state index in [-0.39, 0.29) is 11.6 Å². The number of nitrogen functional groups attached to an aromatic ring is 1. The van der Waals surface area contributed by atoms with E-state index in [0.717, 1.165) is 49.3 Å². The molecule has 0 atom stereocenters. The molecule has 1 aromatic carbocycles. The van der Waals surface area contributed by atoms with Gasteiger partial charge in [0.05, 0.1) is 11.3 Å². The third-order valence-electron chi connectivity index (χ3n) is 7.18. The molecule has 5 heterocycles. The summed E-state index contributed by atoms with van der Waals surface area (Å²) in [7, 11) is 0. The van der Waals surface area contributed by atoms with E-state index >= 15 is 0 Å². The normalized spacial score (nSPS) is 14.4. The van der Waals surface area contributed by atoms with Gasteiger partial charge in [-0.05, 0) is 60.9 Å². The number of nitrogens with two attached hydrogens (primary N) is 1. The minimum atomic E-state index is -0.964. The van der Waals surface area contributed by atoms with Crippen molar-refractivity contribution in [3.05, 3.63) is 89.0 Å². The molecule has 0 spiro atoms. The molecule has 0 unspecified atom stereocenters. The van der Waals surface area contributed by atoms with Crippen LogP contribution in [0, 0.1) is 0 Å². The average molecular weight is 537 g/mol. The van der Waals surface area contributed by atoms with Gasteiger partial charge in [0.25, 0.3) is 0 Å². The number of carboxylic acid groups (broad SMARTS) is 1. The number of anilines is 1. The van der Waals surface area contributed by atoms with Gasteiger partial charge in [-0.2, -0.15) is 0 Å². The Kier molecular flexibility index (Phi) is 6.71. The maximum atomic E-state index is 11.6. The third-order valence-corrected chi connectivity index (χ3v) is 7.18. The van der Waals surface area contributed by atoms with E-state index in [9.17, 15) is 9.59 Å². The van der Waals surface area contributed by atoms with E-state index in [1.807, 2.05) is 41.0 Å². The molecule has 1 aliphatic heterocycles. The molecular formula is C29H28N8O3. The topological polar surface area (TPSA) is 155 Å². The largest absolute Gasteiger partial charge is 0.465 e. The SMILES string of the molecule is Nc1ncccc1-c1nc2ccc(-c3ccc(=O)[nH]c3)nc2n1-c1ccc(CN2CCC(NC(=O)O)CC2)cc1. The molecular weight excluding hydrogens is 508 g/mol. The number of benzene rings is 1. The molecule has 1 amide bonds. The number of amides is 1. The molecule has 5 aromatic rings. The summed E-state index contributed by atoms with van der Waals surface area (Å²) in [5.41, 5.74) is 11.7. The van der Waals surface area contributed by atoms with E-state index < -0.39 is 6.09 Å². The number of nitrogens with one attached hydrogen (secondary N) is 2. The molecule has 11 nitrogen and oxygen atoms in total. The molecule has 5 N–H and O–H groups in total. The van der Waals surface area contributed by atoms with Crippen molar-refractivity contribution >= 4 is 23.1 Å². The molecule has 4 aromatic heterocycles. The van der Waals surface area contributed by atoms with Crippen molar-refractivity contribution in [3.63, 3.8) is 0 Å². The Labute approximate surface area is 229 Å². The number of H-pyrrole nitrogens is 1. The van der Waals surface area contributed by atoms with E-state index in [4.69, 9.17) is 20.8 Å². The Balaban J connectivity index is 1.35. The Morgan fingerprint density at radius 3 is 2.55 bits per heavy atom. The lowest BCUT2D eigenvalue weighted by Gasteiger charge is -2.31. The molecule has 40 heavy (non-hydrogen) atoms. The van der Waals surface area contributed by atoms with Crippen molar-refractivity contribution in [2.75, 3.05) is 18.8 Å². The van der Waals surface area contributed by atoms with Gasteiger partial charge in [0.2, 0.25) is 5.56 Å². The molecule has 6 rings (SSSR count). The van der Waals surface area contributed by atoms with Crippen molar-refractivity contribution < 1.29 is 9.90 Å². The van der Waals surface area contributed by atoms with Crippen LogP contribution in [0.25, 0.3) is 39.5 Å². The molecule has 1 fully saturated rings. The number of carbonyl (C=O) groups is 1. The van der Waals surface area contributed by atoms with Crippen molar-refractivity contribution in [1.29, 1.82) is 0 Å². The van der Waals surface area contributed by atoms with Crippen LogP contribution in [-0.4, -0.2) is 59.7 Å². The second kappa shape index (κ2) is 10.6. The van der Waals surface area contributed by atoms with Gasteiger partial charge in [-0.25, -0.2) is 19.7 Å². The van der Waals surface area contributed by atoms with Gasteiger partial charge in [0.15, 0.2) is 11.5 Å². The summed E-state index contributed by atoms with van der Waals surface area (Å²) < 4.78 is 1.98. The minimum absolute atomic E-state index is 0.0116. The van der Waals surface area contributed by atoms with Gasteiger partial charge in [0.1, 0.15) is 11.3 Å². The molecule has 1 saturated heterocycles. The number of aromatic nitrogens is 5. The highest BCUT2D eigenvalue weighted by molar-refractivity contribution is 5.84. The Morgan fingerprint density at radius 2 is 1.85 bits per heavy atom. The molecule has 0 saturated carbocycles. The van der Waals surface area contributed by atoms with Gasteiger partial charge in [-0.15, -0.1) is 0 Å². The fraction of sp³-hybridized carbons (Fsp3) is 0.207. The van der Waals surface area contributed by atoms with Crippen LogP contribution in [0.2, 0.25) is 0 Å². The summed E-state index contributed by atoms with van der Waals surface area (Å²) in [6, 6.07) is 19.0. The van der Waals surface area contributed by atoms with Crippen LogP contribution >= 0.6 is 0 Å². The number of fused-ring (bicyclic) bond motifs is 1. The quantitative estimate of drug-likeness (QED) is 0.256. The van der Waals surface area contributed by atoms with Gasteiger partial charge < -0.3 is 21.1 Å². The summed E-state index contributed by atoms with van der Waals surface area (Å²) in [4.78, 5) is 41.6. The van der Waals surface area contributed by atoms with Gasteiger partial charge in [0, 0.05) is 55.4 Å². The van der Waals surface area contributed by atoms with Crippen molar-refractivity contribution in [3.8, 4) is 28.3 Å². The highest BCUT2D eigenvalue weighted by Gasteiger charge is 2.21. The van der Waals surface area contributed by atoms with Crippen LogP contribution in [0.1, 0.15) is 18.4 Å². The van der Waals surface area contributed by atoms with Crippen LogP contribution in [-0.2, 0) is 6.54 Å². The summed E-state index contributed by atoms with van der Waals surface area (Å²) >= 11 is 0. The van der Waals surface area contributed by atoms with Gasteiger partial charge in [-0.1, -0.05) is 12.1 Å². The fourth-order valence-corrected chi connectivity index (χ4v) is 5.14. The van der Waals surface area contributed by atoms with Crippen LogP contribution < -0.4 is 16.6 Å². The van der Waals surface area contributed by atoms with Crippen molar-refractivity contribution in [1.82, 2.24) is 34.7 Å². The number of pyridine rings is 3. The lowest BCUT2D eigenvalue weighted by Crippen LogP contribution is -2.43. The minimum Gasteiger partial charge on any atom is -0.465 e. The zero-order chi connectivity index (χ0) is 27.6. The first-order valence-electron chi connectivity index (χ1n) is 13.1. The lowest BCUT2D eigenvalue weighted by atomic mass is 10.0. The number of aromatic amines is 1. The number of imidazole rings is 1. The second-order valence-electron chi connectivity index (χ2n) is 9.85. The first kappa shape index (κ1) is 25.3. The second-order valence-corrected chi connectivity index (χ2v) is 9.85. The van der Waals surface area contributed by atoms with Crippen molar-refractivity contribution in [2.45, 2.75) is 25.4 Å².